The molecule has 2 aliphatic heterocycles. The Morgan fingerprint density at radius 3 is 2.53 bits per heavy atom. The molecule has 2 saturated heterocycles. The lowest BCUT2D eigenvalue weighted by Gasteiger charge is -2.39. The van der Waals surface area contributed by atoms with Gasteiger partial charge in [-0.1, -0.05) is 6.07 Å². The first-order valence-electron chi connectivity index (χ1n) is 18.5. The lowest BCUT2D eigenvalue weighted by atomic mass is 9.85. The number of carbonyl (C=O) groups is 3. The van der Waals surface area contributed by atoms with Crippen molar-refractivity contribution in [3.05, 3.63) is 58.2 Å². The van der Waals surface area contributed by atoms with E-state index in [2.05, 4.69) is 56.7 Å². The maximum absolute atomic E-state index is 13.7. The number of piperidine rings is 1. The van der Waals surface area contributed by atoms with Gasteiger partial charge in [-0.3, -0.25) is 38.7 Å². The Hall–Kier alpha value is -4.60. The summed E-state index contributed by atoms with van der Waals surface area (Å²) in [6.07, 6.45) is 8.16. The van der Waals surface area contributed by atoms with Crippen molar-refractivity contribution in [2.75, 3.05) is 42.9 Å². The van der Waals surface area contributed by atoms with Crippen LogP contribution in [0.15, 0.2) is 47.0 Å². The fourth-order valence-corrected chi connectivity index (χ4v) is 9.97. The average molecular weight is 756 g/mol. The number of imide groups is 1. The number of carbonyl (C=O) groups excluding carboxylic acids is 3. The molecule has 4 aromatic heterocycles. The Kier molecular flexibility index (Phi) is 9.81. The third-order valence-corrected chi connectivity index (χ3v) is 12.9. The Morgan fingerprint density at radius 1 is 1.02 bits per heavy atom. The fraction of sp³-hybridized carbons (Fsp3) is 0.474. The smallest absolute Gasteiger partial charge is 0.329 e. The third-order valence-electron chi connectivity index (χ3n) is 10.9. The molecule has 53 heavy (non-hydrogen) atoms. The summed E-state index contributed by atoms with van der Waals surface area (Å²) < 4.78 is 3.19. The number of imidazole rings is 1. The molecule has 1 saturated carbocycles. The van der Waals surface area contributed by atoms with Crippen LogP contribution in [0.5, 0.6) is 0 Å². The van der Waals surface area contributed by atoms with E-state index >= 15 is 0 Å². The zero-order valence-electron chi connectivity index (χ0n) is 30.3. The number of pyridine rings is 1. The van der Waals surface area contributed by atoms with Gasteiger partial charge in [-0.15, -0.1) is 22.7 Å². The van der Waals surface area contributed by atoms with E-state index in [1.165, 1.54) is 0 Å². The van der Waals surface area contributed by atoms with Crippen LogP contribution < -0.4 is 26.5 Å². The molecule has 13 nitrogen and oxygen atoms in total. The molecule has 0 spiro atoms. The summed E-state index contributed by atoms with van der Waals surface area (Å²) in [7, 11) is 1.76. The predicted octanol–water partition coefficient (Wildman–Crippen LogP) is 4.98. The van der Waals surface area contributed by atoms with Crippen LogP contribution in [0.1, 0.15) is 68.8 Å². The highest BCUT2D eigenvalue weighted by molar-refractivity contribution is 7.25. The van der Waals surface area contributed by atoms with Gasteiger partial charge in [-0.05, 0) is 70.1 Å². The standard InChI is InChI=1S/C38H45N9O4S2/c1-22(2)41-33-25-17-30(31-19-39-21-52-31)53-37(25)40-18-26(33)35(49)42-24-9-7-23(8-10-24)20-45-13-15-46(16-14-45)27-5-4-6-28-34(27)44(3)38(51)47(28)29-11-12-32(48)43-36(29)50/h4-6,17-19,21-24,29H,7-16,20H2,1-3H3,(H,40,41)(H,42,49)(H,43,48,50). The number of aromatic nitrogens is 4. The number of nitrogens with zero attached hydrogens (tertiary/aromatic N) is 6. The lowest BCUT2D eigenvalue weighted by Crippen LogP contribution is -2.48. The summed E-state index contributed by atoms with van der Waals surface area (Å²) in [5.41, 5.74) is 5.53. The number of hydrogen-bond donors (Lipinski definition) is 3. The minimum absolute atomic E-state index is 0.0763. The Labute approximate surface area is 315 Å². The van der Waals surface area contributed by atoms with E-state index < -0.39 is 11.9 Å². The molecule has 8 rings (SSSR count). The van der Waals surface area contributed by atoms with Gasteiger partial charge in [0.05, 0.1) is 38.4 Å². The molecule has 0 bridgehead atoms. The molecule has 3 amide bonds. The highest BCUT2D eigenvalue weighted by Gasteiger charge is 2.33. The van der Waals surface area contributed by atoms with Gasteiger partial charge in [0.25, 0.3) is 5.91 Å². The second kappa shape index (κ2) is 14.7. The highest BCUT2D eigenvalue weighted by Crippen LogP contribution is 2.39. The highest BCUT2D eigenvalue weighted by atomic mass is 32.1. The average Bonchev–Trinajstić information content (AvgIpc) is 3.89. The van der Waals surface area contributed by atoms with Crippen molar-refractivity contribution < 1.29 is 14.4 Å². The lowest BCUT2D eigenvalue weighted by molar-refractivity contribution is -0.135. The number of benzene rings is 1. The van der Waals surface area contributed by atoms with Gasteiger partial charge in [-0.25, -0.2) is 9.78 Å². The number of anilines is 2. The molecule has 3 fully saturated rings. The molecule has 278 valence electrons. The van der Waals surface area contributed by atoms with Crippen LogP contribution in [-0.2, 0) is 16.6 Å². The number of aryl methyl sites for hydroxylation is 1. The molecule has 3 N–H and O–H groups in total. The number of hydrogen-bond acceptors (Lipinski definition) is 11. The minimum atomic E-state index is -0.699. The molecular weight excluding hydrogens is 711 g/mol. The number of fused-ring (bicyclic) bond motifs is 2. The van der Waals surface area contributed by atoms with E-state index in [-0.39, 0.29) is 36.0 Å². The van der Waals surface area contributed by atoms with Crippen molar-refractivity contribution in [1.82, 2.24) is 34.6 Å². The van der Waals surface area contributed by atoms with Gasteiger partial charge in [0.2, 0.25) is 11.8 Å². The van der Waals surface area contributed by atoms with Crippen molar-refractivity contribution in [2.24, 2.45) is 13.0 Å². The zero-order valence-corrected chi connectivity index (χ0v) is 31.9. The Balaban J connectivity index is 0.872. The molecule has 6 heterocycles. The number of thiophene rings is 1. The van der Waals surface area contributed by atoms with Crippen LogP contribution in [0.3, 0.4) is 0 Å². The molecular formula is C38H45N9O4S2. The maximum atomic E-state index is 13.7. The van der Waals surface area contributed by atoms with Gasteiger partial charge in [0.15, 0.2) is 0 Å². The van der Waals surface area contributed by atoms with Gasteiger partial charge >= 0.3 is 5.69 Å². The minimum Gasteiger partial charge on any atom is -0.382 e. The zero-order chi connectivity index (χ0) is 36.8. The van der Waals surface area contributed by atoms with E-state index in [4.69, 9.17) is 4.98 Å². The first kappa shape index (κ1) is 35.4. The molecule has 5 aromatic rings. The summed E-state index contributed by atoms with van der Waals surface area (Å²) in [4.78, 5) is 68.5. The predicted molar refractivity (Wildman–Crippen MR) is 210 cm³/mol. The Bertz CT molecular complexity index is 2220. The fourth-order valence-electron chi connectivity index (χ4n) is 8.26. The number of amides is 3. The molecule has 0 radical (unpaired) electrons. The van der Waals surface area contributed by atoms with Crippen LogP contribution in [0, 0.1) is 5.92 Å². The van der Waals surface area contributed by atoms with Crippen molar-refractivity contribution in [3.8, 4) is 9.75 Å². The van der Waals surface area contributed by atoms with Crippen LogP contribution in [-0.4, -0.2) is 86.5 Å². The van der Waals surface area contributed by atoms with Crippen molar-refractivity contribution >= 4 is 73.0 Å². The number of para-hydroxylation sites is 1. The van der Waals surface area contributed by atoms with Crippen LogP contribution >= 0.6 is 22.7 Å². The topological polar surface area (TPSA) is 146 Å². The quantitative estimate of drug-likeness (QED) is 0.177. The molecule has 15 heteroatoms. The van der Waals surface area contributed by atoms with Gasteiger partial charge in [0, 0.05) is 80.9 Å². The van der Waals surface area contributed by atoms with Crippen molar-refractivity contribution in [2.45, 2.75) is 70.5 Å². The third kappa shape index (κ3) is 6.97. The van der Waals surface area contributed by atoms with Gasteiger partial charge < -0.3 is 15.5 Å². The molecule has 1 atom stereocenters. The summed E-state index contributed by atoms with van der Waals surface area (Å²) in [5, 5.41) is 10.2. The van der Waals surface area contributed by atoms with E-state index in [0.717, 1.165) is 95.3 Å². The first-order valence-corrected chi connectivity index (χ1v) is 20.2. The van der Waals surface area contributed by atoms with Crippen LogP contribution in [0.2, 0.25) is 0 Å². The first-order chi connectivity index (χ1) is 25.6. The molecule has 1 unspecified atom stereocenters. The second-order valence-electron chi connectivity index (χ2n) is 14.8. The van der Waals surface area contributed by atoms with Gasteiger partial charge in [-0.2, -0.15) is 0 Å². The summed E-state index contributed by atoms with van der Waals surface area (Å²) >= 11 is 3.22. The number of rotatable bonds is 9. The van der Waals surface area contributed by atoms with E-state index in [9.17, 15) is 19.2 Å². The van der Waals surface area contributed by atoms with E-state index in [1.54, 1.807) is 45.1 Å². The largest absolute Gasteiger partial charge is 0.382 e. The molecule has 3 aliphatic rings. The van der Waals surface area contributed by atoms with E-state index in [1.807, 2.05) is 23.8 Å². The van der Waals surface area contributed by atoms with Crippen LogP contribution in [0.4, 0.5) is 11.4 Å². The van der Waals surface area contributed by atoms with Crippen molar-refractivity contribution in [3.63, 3.8) is 0 Å². The van der Waals surface area contributed by atoms with Crippen molar-refractivity contribution in [1.29, 1.82) is 0 Å². The maximum Gasteiger partial charge on any atom is 0.329 e. The molecule has 1 aromatic carbocycles. The number of thiazole rings is 1. The summed E-state index contributed by atoms with van der Waals surface area (Å²) in [6, 6.07) is 7.60. The number of piperazine rings is 1. The second-order valence-corrected chi connectivity index (χ2v) is 16.8. The number of nitrogens with one attached hydrogen (secondary N) is 3. The SMILES string of the molecule is CC(C)Nc1c(C(=O)NC2CCC(CN3CCN(c4cccc5c4n(C)c(=O)n5C4CCC(=O)NC4=O)CC3)CC2)cnc2sc(-c3cncs3)cc12. The van der Waals surface area contributed by atoms with E-state index in [0.29, 0.717) is 23.4 Å². The Morgan fingerprint density at radius 2 is 1.81 bits per heavy atom. The summed E-state index contributed by atoms with van der Waals surface area (Å²) in [6.45, 7) is 8.71. The summed E-state index contributed by atoms with van der Waals surface area (Å²) in [5.74, 6) is -0.217. The van der Waals surface area contributed by atoms with Gasteiger partial charge in [0.1, 0.15) is 10.9 Å². The normalized spacial score (nSPS) is 21.4. The van der Waals surface area contributed by atoms with Crippen LogP contribution in [0.25, 0.3) is 31.0 Å². The monoisotopic (exact) mass is 755 g/mol. The molecule has 1 aliphatic carbocycles.